The standard InChI is InChI=1S/C15H20N4O/c1-5-10(3)17-18-15(20)12-7-8-14-13(9-12)16-11(4)19(14)6-2/h7-9H,5-6H2,1-4H3,(H,18,20)/b17-10-. The Morgan fingerprint density at radius 1 is 1.40 bits per heavy atom. The Labute approximate surface area is 118 Å². The molecule has 0 bridgehead atoms. The zero-order valence-electron chi connectivity index (χ0n) is 12.4. The van der Waals surface area contributed by atoms with Crippen LogP contribution in [0.3, 0.4) is 0 Å². The predicted octanol–water partition coefficient (Wildman–Crippen LogP) is 2.88. The first-order valence-electron chi connectivity index (χ1n) is 6.87. The van der Waals surface area contributed by atoms with Gasteiger partial charge < -0.3 is 4.57 Å². The number of imidazole rings is 1. The van der Waals surface area contributed by atoms with Crippen molar-refractivity contribution in [3.63, 3.8) is 0 Å². The summed E-state index contributed by atoms with van der Waals surface area (Å²) in [5.41, 5.74) is 5.92. The number of hydrogen-bond acceptors (Lipinski definition) is 3. The molecule has 0 atom stereocenters. The third kappa shape index (κ3) is 2.71. The van der Waals surface area contributed by atoms with Crippen molar-refractivity contribution in [2.75, 3.05) is 0 Å². The molecule has 20 heavy (non-hydrogen) atoms. The molecule has 2 aromatic rings. The van der Waals surface area contributed by atoms with Gasteiger partial charge in [-0.25, -0.2) is 10.4 Å². The number of nitrogens with zero attached hydrogens (tertiary/aromatic N) is 3. The molecular weight excluding hydrogens is 252 g/mol. The van der Waals surface area contributed by atoms with Crippen molar-refractivity contribution in [1.82, 2.24) is 15.0 Å². The maximum atomic E-state index is 12.0. The van der Waals surface area contributed by atoms with E-state index in [0.29, 0.717) is 5.56 Å². The molecule has 5 heteroatoms. The molecule has 1 heterocycles. The Hall–Kier alpha value is -2.17. The van der Waals surface area contributed by atoms with Crippen molar-refractivity contribution < 1.29 is 4.79 Å². The number of benzene rings is 1. The van der Waals surface area contributed by atoms with Crippen LogP contribution in [0, 0.1) is 6.92 Å². The smallest absolute Gasteiger partial charge is 0.271 e. The van der Waals surface area contributed by atoms with Gasteiger partial charge in [-0.1, -0.05) is 6.92 Å². The van der Waals surface area contributed by atoms with E-state index in [4.69, 9.17) is 0 Å². The van der Waals surface area contributed by atoms with E-state index in [1.807, 2.05) is 32.9 Å². The molecule has 106 valence electrons. The second-order valence-electron chi connectivity index (χ2n) is 4.75. The van der Waals surface area contributed by atoms with Gasteiger partial charge in [-0.15, -0.1) is 0 Å². The Morgan fingerprint density at radius 2 is 2.15 bits per heavy atom. The fraction of sp³-hybridized carbons (Fsp3) is 0.400. The second-order valence-corrected chi connectivity index (χ2v) is 4.75. The first-order chi connectivity index (χ1) is 9.56. The monoisotopic (exact) mass is 272 g/mol. The van der Waals surface area contributed by atoms with Crippen molar-refractivity contribution in [3.05, 3.63) is 29.6 Å². The molecule has 0 radical (unpaired) electrons. The van der Waals surface area contributed by atoms with Gasteiger partial charge in [0.2, 0.25) is 0 Å². The number of carbonyl (C=O) groups is 1. The number of aryl methyl sites for hydroxylation is 2. The zero-order chi connectivity index (χ0) is 14.7. The molecular formula is C15H20N4O. The third-order valence-electron chi connectivity index (χ3n) is 3.38. The molecule has 0 saturated heterocycles. The minimum Gasteiger partial charge on any atom is -0.329 e. The second kappa shape index (κ2) is 5.86. The van der Waals surface area contributed by atoms with E-state index in [0.717, 1.165) is 35.5 Å². The molecule has 1 aromatic carbocycles. The van der Waals surface area contributed by atoms with Crippen LogP contribution in [0.4, 0.5) is 0 Å². The van der Waals surface area contributed by atoms with Crippen LogP contribution in [0.15, 0.2) is 23.3 Å². The van der Waals surface area contributed by atoms with E-state index in [-0.39, 0.29) is 5.91 Å². The van der Waals surface area contributed by atoms with E-state index < -0.39 is 0 Å². The highest BCUT2D eigenvalue weighted by molar-refractivity contribution is 5.98. The number of hydrogen-bond donors (Lipinski definition) is 1. The maximum Gasteiger partial charge on any atom is 0.271 e. The number of fused-ring (bicyclic) bond motifs is 1. The van der Waals surface area contributed by atoms with Gasteiger partial charge in [-0.3, -0.25) is 4.79 Å². The number of aromatic nitrogens is 2. The Morgan fingerprint density at radius 3 is 2.80 bits per heavy atom. The molecule has 2 rings (SSSR count). The lowest BCUT2D eigenvalue weighted by molar-refractivity contribution is 0.0955. The molecule has 0 fully saturated rings. The van der Waals surface area contributed by atoms with Gasteiger partial charge in [0.05, 0.1) is 11.0 Å². The summed E-state index contributed by atoms with van der Waals surface area (Å²) < 4.78 is 2.12. The minimum absolute atomic E-state index is 0.205. The molecule has 1 amide bonds. The van der Waals surface area contributed by atoms with E-state index in [9.17, 15) is 4.79 Å². The highest BCUT2D eigenvalue weighted by atomic mass is 16.2. The number of amides is 1. The quantitative estimate of drug-likeness (QED) is 0.687. The van der Waals surface area contributed by atoms with Gasteiger partial charge in [0, 0.05) is 17.8 Å². The van der Waals surface area contributed by atoms with Gasteiger partial charge >= 0.3 is 0 Å². The van der Waals surface area contributed by atoms with Gasteiger partial charge in [-0.2, -0.15) is 5.10 Å². The normalized spacial score (nSPS) is 11.9. The summed E-state index contributed by atoms with van der Waals surface area (Å²) in [6.45, 7) is 8.80. The van der Waals surface area contributed by atoms with E-state index >= 15 is 0 Å². The molecule has 0 unspecified atom stereocenters. The summed E-state index contributed by atoms with van der Waals surface area (Å²) in [4.78, 5) is 16.5. The summed E-state index contributed by atoms with van der Waals surface area (Å²) in [6, 6.07) is 5.55. The molecule has 5 nitrogen and oxygen atoms in total. The fourth-order valence-electron chi connectivity index (χ4n) is 2.08. The van der Waals surface area contributed by atoms with Crippen LogP contribution < -0.4 is 5.43 Å². The summed E-state index contributed by atoms with van der Waals surface area (Å²) in [5, 5.41) is 4.03. The SMILES string of the molecule is CC/C(C)=N\NC(=O)c1ccc2c(c1)nc(C)n2CC. The first-order valence-corrected chi connectivity index (χ1v) is 6.87. The maximum absolute atomic E-state index is 12.0. The van der Waals surface area contributed by atoms with Crippen LogP contribution in [0.5, 0.6) is 0 Å². The van der Waals surface area contributed by atoms with Crippen LogP contribution in [0.25, 0.3) is 11.0 Å². The lowest BCUT2D eigenvalue weighted by Crippen LogP contribution is -2.18. The van der Waals surface area contributed by atoms with Crippen LogP contribution in [0.1, 0.15) is 43.4 Å². The minimum atomic E-state index is -0.205. The van der Waals surface area contributed by atoms with Crippen LogP contribution in [-0.2, 0) is 6.54 Å². The fourth-order valence-corrected chi connectivity index (χ4v) is 2.08. The molecule has 0 aliphatic carbocycles. The largest absolute Gasteiger partial charge is 0.329 e. The van der Waals surface area contributed by atoms with Crippen molar-refractivity contribution >= 4 is 22.7 Å². The third-order valence-corrected chi connectivity index (χ3v) is 3.38. The number of rotatable bonds is 4. The topological polar surface area (TPSA) is 59.3 Å². The summed E-state index contributed by atoms with van der Waals surface area (Å²) in [6.07, 6.45) is 0.819. The zero-order valence-corrected chi connectivity index (χ0v) is 12.4. The summed E-state index contributed by atoms with van der Waals surface area (Å²) in [5.74, 6) is 0.753. The highest BCUT2D eigenvalue weighted by Gasteiger charge is 2.10. The summed E-state index contributed by atoms with van der Waals surface area (Å²) in [7, 11) is 0. The Bertz CT molecular complexity index is 670. The van der Waals surface area contributed by atoms with Gasteiger partial charge in [-0.05, 0) is 45.4 Å². The van der Waals surface area contributed by atoms with Crippen LogP contribution >= 0.6 is 0 Å². The summed E-state index contributed by atoms with van der Waals surface area (Å²) >= 11 is 0. The molecule has 0 spiro atoms. The molecule has 1 N–H and O–H groups in total. The average Bonchev–Trinajstić information content (AvgIpc) is 2.78. The Kier molecular flexibility index (Phi) is 4.17. The highest BCUT2D eigenvalue weighted by Crippen LogP contribution is 2.17. The molecule has 0 aliphatic rings. The molecule has 0 aliphatic heterocycles. The number of nitrogens with one attached hydrogen (secondary N) is 1. The lowest BCUT2D eigenvalue weighted by atomic mass is 10.2. The molecule has 0 saturated carbocycles. The average molecular weight is 272 g/mol. The van der Waals surface area contributed by atoms with E-state index in [2.05, 4.69) is 27.0 Å². The van der Waals surface area contributed by atoms with Crippen molar-refractivity contribution in [2.45, 2.75) is 40.7 Å². The van der Waals surface area contributed by atoms with E-state index in [1.165, 1.54) is 0 Å². The van der Waals surface area contributed by atoms with Gasteiger partial charge in [0.15, 0.2) is 0 Å². The van der Waals surface area contributed by atoms with Crippen molar-refractivity contribution in [3.8, 4) is 0 Å². The molecule has 1 aromatic heterocycles. The van der Waals surface area contributed by atoms with Crippen molar-refractivity contribution in [1.29, 1.82) is 0 Å². The van der Waals surface area contributed by atoms with Gasteiger partial charge in [0.25, 0.3) is 5.91 Å². The first kappa shape index (κ1) is 14.2. The lowest BCUT2D eigenvalue weighted by Gasteiger charge is -2.03. The predicted molar refractivity (Wildman–Crippen MR) is 81.0 cm³/mol. The van der Waals surface area contributed by atoms with Crippen LogP contribution in [0.2, 0.25) is 0 Å². The van der Waals surface area contributed by atoms with Crippen LogP contribution in [-0.4, -0.2) is 21.2 Å². The van der Waals surface area contributed by atoms with Gasteiger partial charge in [0.1, 0.15) is 5.82 Å². The number of hydrazone groups is 1. The van der Waals surface area contributed by atoms with Crippen molar-refractivity contribution in [2.24, 2.45) is 5.10 Å². The van der Waals surface area contributed by atoms with E-state index in [1.54, 1.807) is 6.07 Å². The number of carbonyl (C=O) groups excluding carboxylic acids is 1. The Balaban J connectivity index is 2.30.